The van der Waals surface area contributed by atoms with Gasteiger partial charge in [0.1, 0.15) is 4.21 Å². The van der Waals surface area contributed by atoms with Crippen LogP contribution in [0.3, 0.4) is 0 Å². The number of thiophene rings is 1. The Labute approximate surface area is 126 Å². The van der Waals surface area contributed by atoms with Crippen molar-refractivity contribution in [3.8, 4) is 0 Å². The molecule has 0 amide bonds. The summed E-state index contributed by atoms with van der Waals surface area (Å²) in [6, 6.07) is 1.72. The SMILES string of the molecule is CCN(C(C)CN(C)C)S(=O)(=O)c1cc(CNC)cs1. The topological polar surface area (TPSA) is 52.7 Å². The fraction of sp³-hybridized carbons (Fsp3) is 0.692. The molecule has 1 aromatic heterocycles. The molecule has 1 atom stereocenters. The maximum atomic E-state index is 12.7. The third kappa shape index (κ3) is 4.26. The molecule has 1 heterocycles. The first kappa shape index (κ1) is 17.6. The van der Waals surface area contributed by atoms with Gasteiger partial charge in [-0.15, -0.1) is 11.3 Å². The lowest BCUT2D eigenvalue weighted by Crippen LogP contribution is -2.43. The third-order valence-electron chi connectivity index (χ3n) is 3.01. The number of nitrogens with one attached hydrogen (secondary N) is 1. The quantitative estimate of drug-likeness (QED) is 0.787. The highest BCUT2D eigenvalue weighted by molar-refractivity contribution is 7.91. The zero-order chi connectivity index (χ0) is 15.3. The summed E-state index contributed by atoms with van der Waals surface area (Å²) in [5.41, 5.74) is 1.01. The molecule has 0 saturated carbocycles. The van der Waals surface area contributed by atoms with Crippen molar-refractivity contribution in [3.63, 3.8) is 0 Å². The summed E-state index contributed by atoms with van der Waals surface area (Å²) in [6.07, 6.45) is 0. The zero-order valence-corrected chi connectivity index (χ0v) is 14.5. The van der Waals surface area contributed by atoms with Crippen molar-refractivity contribution in [1.82, 2.24) is 14.5 Å². The van der Waals surface area contributed by atoms with Crippen molar-refractivity contribution >= 4 is 21.4 Å². The Balaban J connectivity index is 2.98. The highest BCUT2D eigenvalue weighted by Crippen LogP contribution is 2.25. The van der Waals surface area contributed by atoms with E-state index in [-0.39, 0.29) is 6.04 Å². The largest absolute Gasteiger partial charge is 0.316 e. The third-order valence-corrected chi connectivity index (χ3v) is 6.56. The molecule has 0 aromatic carbocycles. The Morgan fingerprint density at radius 3 is 2.55 bits per heavy atom. The first-order chi connectivity index (χ1) is 9.32. The predicted octanol–water partition coefficient (Wildman–Crippen LogP) is 1.43. The summed E-state index contributed by atoms with van der Waals surface area (Å²) in [4.78, 5) is 2.00. The molecule has 116 valence electrons. The maximum absolute atomic E-state index is 12.7. The molecule has 1 rings (SSSR count). The van der Waals surface area contributed by atoms with Crippen LogP contribution in [0.1, 0.15) is 19.4 Å². The Bertz CT molecular complexity index is 511. The number of sulfonamides is 1. The van der Waals surface area contributed by atoms with Crippen LogP contribution < -0.4 is 5.32 Å². The van der Waals surface area contributed by atoms with E-state index in [1.54, 1.807) is 10.4 Å². The van der Waals surface area contributed by atoms with E-state index >= 15 is 0 Å². The molecule has 0 fully saturated rings. The van der Waals surface area contributed by atoms with Gasteiger partial charge in [0, 0.05) is 25.7 Å². The summed E-state index contributed by atoms with van der Waals surface area (Å²) in [5, 5.41) is 4.93. The van der Waals surface area contributed by atoms with Crippen LogP contribution in [-0.2, 0) is 16.6 Å². The molecule has 7 heteroatoms. The van der Waals surface area contributed by atoms with Crippen LogP contribution in [0.25, 0.3) is 0 Å². The molecule has 0 aliphatic rings. The van der Waals surface area contributed by atoms with E-state index in [0.29, 0.717) is 23.8 Å². The zero-order valence-electron chi connectivity index (χ0n) is 12.9. The molecule has 0 aliphatic carbocycles. The van der Waals surface area contributed by atoms with Crippen LogP contribution in [0.2, 0.25) is 0 Å². The van der Waals surface area contributed by atoms with Gasteiger partial charge < -0.3 is 10.2 Å². The standard InChI is InChI=1S/C13H25N3O2S2/c1-6-16(11(2)9-15(4)5)20(17,18)13-7-12(8-14-3)10-19-13/h7,10-11,14H,6,8-9H2,1-5H3. The second kappa shape index (κ2) is 7.51. The summed E-state index contributed by atoms with van der Waals surface area (Å²) in [6.45, 7) is 5.71. The van der Waals surface area contributed by atoms with E-state index in [9.17, 15) is 8.42 Å². The van der Waals surface area contributed by atoms with Crippen molar-refractivity contribution in [3.05, 3.63) is 17.0 Å². The molecule has 0 spiro atoms. The van der Waals surface area contributed by atoms with Gasteiger partial charge in [0.2, 0.25) is 0 Å². The first-order valence-corrected chi connectivity index (χ1v) is 9.03. The molecule has 1 aromatic rings. The summed E-state index contributed by atoms with van der Waals surface area (Å²) in [7, 11) is 2.36. The highest BCUT2D eigenvalue weighted by Gasteiger charge is 2.29. The van der Waals surface area contributed by atoms with Gasteiger partial charge >= 0.3 is 0 Å². The van der Waals surface area contributed by atoms with Crippen LogP contribution in [0.15, 0.2) is 15.7 Å². The summed E-state index contributed by atoms with van der Waals surface area (Å²) < 4.78 is 27.4. The normalized spacial score (nSPS) is 14.2. The van der Waals surface area contributed by atoms with Gasteiger partial charge in [-0.1, -0.05) is 6.92 Å². The minimum atomic E-state index is -3.40. The van der Waals surface area contributed by atoms with E-state index in [4.69, 9.17) is 0 Å². The lowest BCUT2D eigenvalue weighted by molar-refractivity contribution is 0.272. The molecular weight excluding hydrogens is 294 g/mol. The highest BCUT2D eigenvalue weighted by atomic mass is 32.2. The molecule has 5 nitrogen and oxygen atoms in total. The van der Waals surface area contributed by atoms with Crippen molar-refractivity contribution in [1.29, 1.82) is 0 Å². The van der Waals surface area contributed by atoms with Gasteiger partial charge in [0.05, 0.1) is 0 Å². The van der Waals surface area contributed by atoms with E-state index < -0.39 is 10.0 Å². The van der Waals surface area contributed by atoms with Gasteiger partial charge in [-0.25, -0.2) is 8.42 Å². The minimum absolute atomic E-state index is 0.0464. The molecule has 0 aliphatic heterocycles. The molecule has 0 saturated heterocycles. The predicted molar refractivity (Wildman–Crippen MR) is 84.7 cm³/mol. The summed E-state index contributed by atoms with van der Waals surface area (Å²) in [5.74, 6) is 0. The lowest BCUT2D eigenvalue weighted by atomic mass is 10.3. The second-order valence-corrected chi connectivity index (χ2v) is 8.15. The van der Waals surface area contributed by atoms with E-state index in [1.807, 2.05) is 45.3 Å². The van der Waals surface area contributed by atoms with Gasteiger partial charge in [-0.3, -0.25) is 0 Å². The maximum Gasteiger partial charge on any atom is 0.252 e. The minimum Gasteiger partial charge on any atom is -0.316 e. The monoisotopic (exact) mass is 319 g/mol. The Morgan fingerprint density at radius 2 is 2.05 bits per heavy atom. The van der Waals surface area contributed by atoms with Crippen LogP contribution >= 0.6 is 11.3 Å². The van der Waals surface area contributed by atoms with Crippen molar-refractivity contribution in [2.45, 2.75) is 30.6 Å². The van der Waals surface area contributed by atoms with Crippen LogP contribution in [0.5, 0.6) is 0 Å². The van der Waals surface area contributed by atoms with Crippen LogP contribution in [-0.4, -0.2) is 57.9 Å². The molecule has 0 radical (unpaired) electrons. The lowest BCUT2D eigenvalue weighted by Gasteiger charge is -2.28. The number of hydrogen-bond acceptors (Lipinski definition) is 5. The van der Waals surface area contributed by atoms with Crippen molar-refractivity contribution < 1.29 is 8.42 Å². The first-order valence-electron chi connectivity index (χ1n) is 6.71. The fourth-order valence-electron chi connectivity index (χ4n) is 2.24. The van der Waals surface area contributed by atoms with Crippen LogP contribution in [0.4, 0.5) is 0 Å². The van der Waals surface area contributed by atoms with Gasteiger partial charge in [0.25, 0.3) is 10.0 Å². The number of likely N-dealkylation sites (N-methyl/N-ethyl adjacent to an activating group) is 2. The number of nitrogens with zero attached hydrogens (tertiary/aromatic N) is 2. The summed E-state index contributed by atoms with van der Waals surface area (Å²) >= 11 is 1.29. The second-order valence-electron chi connectivity index (χ2n) is 5.12. The van der Waals surface area contributed by atoms with E-state index in [0.717, 1.165) is 5.56 Å². The van der Waals surface area contributed by atoms with Gasteiger partial charge in [0.15, 0.2) is 0 Å². The number of rotatable bonds is 8. The molecule has 20 heavy (non-hydrogen) atoms. The fourth-order valence-corrected chi connectivity index (χ4v) is 5.21. The average Bonchev–Trinajstić information content (AvgIpc) is 2.78. The molecular formula is C13H25N3O2S2. The Kier molecular flexibility index (Phi) is 6.60. The van der Waals surface area contributed by atoms with Crippen molar-refractivity contribution in [2.75, 3.05) is 34.2 Å². The van der Waals surface area contributed by atoms with E-state index in [1.165, 1.54) is 11.3 Å². The smallest absolute Gasteiger partial charge is 0.252 e. The van der Waals surface area contributed by atoms with Crippen molar-refractivity contribution in [2.24, 2.45) is 0 Å². The van der Waals surface area contributed by atoms with Gasteiger partial charge in [-0.2, -0.15) is 4.31 Å². The van der Waals surface area contributed by atoms with Gasteiger partial charge in [-0.05, 0) is 45.1 Å². The Morgan fingerprint density at radius 1 is 1.40 bits per heavy atom. The number of hydrogen-bond donors (Lipinski definition) is 1. The van der Waals surface area contributed by atoms with E-state index in [2.05, 4.69) is 5.32 Å². The molecule has 1 unspecified atom stereocenters. The molecule has 1 N–H and O–H groups in total. The Hall–Kier alpha value is -0.470. The average molecular weight is 319 g/mol. The molecule has 0 bridgehead atoms. The van der Waals surface area contributed by atoms with Crippen LogP contribution in [0, 0.1) is 0 Å².